The maximum Gasteiger partial charge on any atom is 0.217 e. The molecule has 1 aliphatic carbocycles. The minimum Gasteiger partial charge on any atom is -0.461 e. The van der Waals surface area contributed by atoms with Gasteiger partial charge in [-0.2, -0.15) is 0 Å². The highest BCUT2D eigenvalue weighted by Crippen LogP contribution is 2.39. The van der Waals surface area contributed by atoms with Gasteiger partial charge in [0.2, 0.25) is 11.7 Å². The van der Waals surface area contributed by atoms with E-state index in [9.17, 15) is 4.79 Å². The zero-order chi connectivity index (χ0) is 17.2. The summed E-state index contributed by atoms with van der Waals surface area (Å²) in [5, 5.41) is 13.4. The Morgan fingerprint density at radius 2 is 2.24 bits per heavy atom. The summed E-state index contributed by atoms with van der Waals surface area (Å²) in [5.74, 6) is 2.36. The molecule has 0 spiro atoms. The number of aromatic nitrogens is 4. The predicted octanol–water partition coefficient (Wildman–Crippen LogP) is 2.57. The van der Waals surface area contributed by atoms with E-state index in [4.69, 9.17) is 14.7 Å². The number of nitrogens with two attached hydrogens (primary N) is 1. The molecule has 0 aliphatic heterocycles. The quantitative estimate of drug-likeness (QED) is 0.615. The largest absolute Gasteiger partial charge is 0.461 e. The molecule has 2 N–H and O–H groups in total. The SMILES string of the molecule is NC(=O)CCc1nnc(SCc2cc(-c3ccco3)on2)n1C1CC1. The number of furan rings is 1. The Bertz CT molecular complexity index is 866. The van der Waals surface area contributed by atoms with Crippen LogP contribution < -0.4 is 5.73 Å². The summed E-state index contributed by atoms with van der Waals surface area (Å²) in [6.07, 6.45) is 4.62. The van der Waals surface area contributed by atoms with E-state index in [2.05, 4.69) is 19.9 Å². The van der Waals surface area contributed by atoms with Gasteiger partial charge in [0, 0.05) is 30.7 Å². The lowest BCUT2D eigenvalue weighted by Crippen LogP contribution is -2.13. The normalized spacial score (nSPS) is 14.1. The van der Waals surface area contributed by atoms with Crippen LogP contribution >= 0.6 is 11.8 Å². The fourth-order valence-electron chi connectivity index (χ4n) is 2.56. The summed E-state index contributed by atoms with van der Waals surface area (Å²) in [5.41, 5.74) is 6.04. The fourth-order valence-corrected chi connectivity index (χ4v) is 3.47. The van der Waals surface area contributed by atoms with E-state index in [1.54, 1.807) is 24.1 Å². The molecule has 3 aromatic heterocycles. The van der Waals surface area contributed by atoms with Gasteiger partial charge in [-0.1, -0.05) is 16.9 Å². The van der Waals surface area contributed by atoms with Crippen LogP contribution in [0.25, 0.3) is 11.5 Å². The highest BCUT2D eigenvalue weighted by molar-refractivity contribution is 7.98. The number of nitrogens with zero attached hydrogens (tertiary/aromatic N) is 4. The van der Waals surface area contributed by atoms with Crippen LogP contribution in [0.5, 0.6) is 0 Å². The number of hydrogen-bond acceptors (Lipinski definition) is 7. The average molecular weight is 359 g/mol. The minimum atomic E-state index is -0.326. The summed E-state index contributed by atoms with van der Waals surface area (Å²) < 4.78 is 12.7. The molecule has 130 valence electrons. The zero-order valence-corrected chi connectivity index (χ0v) is 14.2. The molecule has 0 bridgehead atoms. The van der Waals surface area contributed by atoms with Gasteiger partial charge in [0.05, 0.1) is 12.0 Å². The van der Waals surface area contributed by atoms with Gasteiger partial charge in [0.25, 0.3) is 0 Å². The first-order valence-corrected chi connectivity index (χ1v) is 9.03. The van der Waals surface area contributed by atoms with Gasteiger partial charge >= 0.3 is 0 Å². The molecule has 3 heterocycles. The summed E-state index contributed by atoms with van der Waals surface area (Å²) in [6.45, 7) is 0. The van der Waals surface area contributed by atoms with Gasteiger partial charge in [-0.25, -0.2) is 0 Å². The Labute approximate surface area is 147 Å². The summed E-state index contributed by atoms with van der Waals surface area (Å²) in [6, 6.07) is 5.92. The number of carbonyl (C=O) groups is 1. The Hall–Kier alpha value is -2.55. The third-order valence-electron chi connectivity index (χ3n) is 3.91. The van der Waals surface area contributed by atoms with Crippen LogP contribution in [-0.2, 0) is 17.0 Å². The van der Waals surface area contributed by atoms with E-state index >= 15 is 0 Å². The average Bonchev–Trinajstić information content (AvgIpc) is 3.05. The molecule has 0 aromatic carbocycles. The van der Waals surface area contributed by atoms with Crippen molar-refractivity contribution in [1.29, 1.82) is 0 Å². The first-order valence-electron chi connectivity index (χ1n) is 8.05. The maximum atomic E-state index is 11.0. The summed E-state index contributed by atoms with van der Waals surface area (Å²) in [7, 11) is 0. The van der Waals surface area contributed by atoms with Crippen molar-refractivity contribution in [2.75, 3.05) is 0 Å². The molecular formula is C16H17N5O3S. The van der Waals surface area contributed by atoms with Crippen molar-refractivity contribution >= 4 is 17.7 Å². The molecule has 0 unspecified atom stereocenters. The molecule has 3 aromatic rings. The van der Waals surface area contributed by atoms with Gasteiger partial charge in [0.15, 0.2) is 10.9 Å². The van der Waals surface area contributed by atoms with Gasteiger partial charge in [-0.15, -0.1) is 10.2 Å². The molecule has 4 rings (SSSR count). The van der Waals surface area contributed by atoms with Gasteiger partial charge < -0.3 is 19.2 Å². The number of thioether (sulfide) groups is 1. The third-order valence-corrected chi connectivity index (χ3v) is 4.89. The van der Waals surface area contributed by atoms with Gasteiger partial charge in [-0.05, 0) is 25.0 Å². The Kier molecular flexibility index (Phi) is 4.31. The van der Waals surface area contributed by atoms with Crippen LogP contribution in [0.4, 0.5) is 0 Å². The Morgan fingerprint density at radius 3 is 2.96 bits per heavy atom. The molecule has 1 saturated carbocycles. The van der Waals surface area contributed by atoms with Crippen molar-refractivity contribution in [1.82, 2.24) is 19.9 Å². The van der Waals surface area contributed by atoms with Crippen LogP contribution in [0.3, 0.4) is 0 Å². The highest BCUT2D eigenvalue weighted by Gasteiger charge is 2.29. The number of hydrogen-bond donors (Lipinski definition) is 1. The first kappa shape index (κ1) is 15.9. The van der Waals surface area contributed by atoms with Crippen molar-refractivity contribution in [3.63, 3.8) is 0 Å². The second kappa shape index (κ2) is 6.75. The Morgan fingerprint density at radius 1 is 1.36 bits per heavy atom. The van der Waals surface area contributed by atoms with Crippen molar-refractivity contribution in [3.05, 3.63) is 36.0 Å². The summed E-state index contributed by atoms with van der Waals surface area (Å²) >= 11 is 1.55. The van der Waals surface area contributed by atoms with Gasteiger partial charge in [0.1, 0.15) is 5.82 Å². The number of amides is 1. The third kappa shape index (κ3) is 3.60. The molecular weight excluding hydrogens is 342 g/mol. The van der Waals surface area contributed by atoms with E-state index in [0.29, 0.717) is 29.7 Å². The maximum absolute atomic E-state index is 11.0. The molecule has 25 heavy (non-hydrogen) atoms. The molecule has 0 saturated heterocycles. The lowest BCUT2D eigenvalue weighted by Gasteiger charge is -2.07. The lowest BCUT2D eigenvalue weighted by molar-refractivity contribution is -0.118. The van der Waals surface area contributed by atoms with Crippen molar-refractivity contribution in [2.45, 2.75) is 42.6 Å². The number of carbonyl (C=O) groups excluding carboxylic acids is 1. The minimum absolute atomic E-state index is 0.283. The molecule has 1 fully saturated rings. The number of aryl methyl sites for hydroxylation is 1. The zero-order valence-electron chi connectivity index (χ0n) is 13.4. The molecule has 8 nitrogen and oxygen atoms in total. The van der Waals surface area contributed by atoms with Crippen LogP contribution in [0.1, 0.15) is 36.8 Å². The molecule has 1 aliphatic rings. The standard InChI is InChI=1S/C16H17N5O3S/c17-14(22)5-6-15-18-19-16(21(15)11-3-4-11)25-9-10-8-13(24-20-10)12-2-1-7-23-12/h1-2,7-8,11H,3-6,9H2,(H2,17,22). The van der Waals surface area contributed by atoms with Crippen LogP contribution in [0.15, 0.2) is 38.6 Å². The monoisotopic (exact) mass is 359 g/mol. The second-order valence-corrected chi connectivity index (χ2v) is 6.86. The van der Waals surface area contributed by atoms with Crippen molar-refractivity contribution < 1.29 is 13.7 Å². The molecule has 0 radical (unpaired) electrons. The molecule has 1 amide bonds. The Balaban J connectivity index is 1.45. The van der Waals surface area contributed by atoms with E-state index in [1.807, 2.05) is 12.1 Å². The van der Waals surface area contributed by atoms with Crippen molar-refractivity contribution in [2.24, 2.45) is 5.73 Å². The number of rotatable bonds is 8. The van der Waals surface area contributed by atoms with Crippen LogP contribution in [0, 0.1) is 0 Å². The fraction of sp³-hybridized carbons (Fsp3) is 0.375. The highest BCUT2D eigenvalue weighted by atomic mass is 32.2. The number of primary amides is 1. The topological polar surface area (TPSA) is 113 Å². The van der Waals surface area contributed by atoms with Crippen LogP contribution in [-0.4, -0.2) is 25.8 Å². The lowest BCUT2D eigenvalue weighted by atomic mass is 10.3. The molecule has 9 heteroatoms. The molecule has 0 atom stereocenters. The summed E-state index contributed by atoms with van der Waals surface area (Å²) in [4.78, 5) is 11.0. The van der Waals surface area contributed by atoms with E-state index in [-0.39, 0.29) is 12.3 Å². The van der Waals surface area contributed by atoms with E-state index in [1.165, 1.54) is 0 Å². The van der Waals surface area contributed by atoms with Crippen LogP contribution in [0.2, 0.25) is 0 Å². The second-order valence-electron chi connectivity index (χ2n) is 5.91. The van der Waals surface area contributed by atoms with Crippen molar-refractivity contribution in [3.8, 4) is 11.5 Å². The first-order chi connectivity index (χ1) is 12.2. The van der Waals surface area contributed by atoms with Gasteiger partial charge in [-0.3, -0.25) is 4.79 Å². The van der Waals surface area contributed by atoms with E-state index < -0.39 is 0 Å². The van der Waals surface area contributed by atoms with E-state index in [0.717, 1.165) is 29.5 Å². The smallest absolute Gasteiger partial charge is 0.217 e. The predicted molar refractivity (Wildman–Crippen MR) is 89.6 cm³/mol.